The topological polar surface area (TPSA) is 50.4 Å². The molecule has 1 spiro atoms. The van der Waals surface area contributed by atoms with E-state index >= 15 is 0 Å². The van der Waals surface area contributed by atoms with Crippen molar-refractivity contribution in [2.24, 2.45) is 0 Å². The van der Waals surface area contributed by atoms with Crippen LogP contribution in [-0.4, -0.2) is 37.7 Å². The highest BCUT2D eigenvalue weighted by molar-refractivity contribution is 5.75. The van der Waals surface area contributed by atoms with Gasteiger partial charge in [-0.2, -0.15) is 0 Å². The number of carbonyl (C=O) groups is 1. The lowest BCUT2D eigenvalue weighted by Gasteiger charge is -2.33. The number of hydrogen-bond acceptors (Lipinski definition) is 3. The molecule has 1 heterocycles. The number of carbonyl (C=O) groups excluding carboxylic acids is 1. The van der Waals surface area contributed by atoms with E-state index in [2.05, 4.69) is 10.6 Å². The zero-order valence-corrected chi connectivity index (χ0v) is 11.5. The van der Waals surface area contributed by atoms with Crippen molar-refractivity contribution in [2.75, 3.05) is 20.1 Å². The Kier molecular flexibility index (Phi) is 5.01. The fraction of sp³-hybridized carbons (Fsp3) is 0.929. The molecule has 4 heteroatoms. The molecular formula is C14H26N2O2. The Morgan fingerprint density at radius 1 is 1.28 bits per heavy atom. The summed E-state index contributed by atoms with van der Waals surface area (Å²) in [6, 6.07) is 0. The molecule has 0 aromatic rings. The monoisotopic (exact) mass is 254 g/mol. The van der Waals surface area contributed by atoms with Crippen LogP contribution in [0, 0.1) is 0 Å². The van der Waals surface area contributed by atoms with Gasteiger partial charge in [-0.3, -0.25) is 4.79 Å². The standard InChI is InChI=1S/C14H26N2O2/c1-15-13(17)6-10-16-11-12-5-9-14(18-12)7-3-2-4-8-14/h12,16H,2-11H2,1H3,(H,15,17). The molecule has 2 rings (SSSR count). The summed E-state index contributed by atoms with van der Waals surface area (Å²) in [7, 11) is 1.68. The predicted molar refractivity (Wildman–Crippen MR) is 71.5 cm³/mol. The van der Waals surface area contributed by atoms with Crippen molar-refractivity contribution in [3.63, 3.8) is 0 Å². The third-order valence-corrected chi connectivity index (χ3v) is 4.28. The largest absolute Gasteiger partial charge is 0.370 e. The SMILES string of the molecule is CNC(=O)CCNCC1CCC2(CCCCC2)O1. The lowest BCUT2D eigenvalue weighted by Crippen LogP contribution is -2.35. The molecule has 1 amide bonds. The molecule has 1 aliphatic carbocycles. The summed E-state index contributed by atoms with van der Waals surface area (Å²) >= 11 is 0. The first kappa shape index (κ1) is 13.8. The summed E-state index contributed by atoms with van der Waals surface area (Å²) in [4.78, 5) is 11.1. The van der Waals surface area contributed by atoms with E-state index < -0.39 is 0 Å². The zero-order chi connectivity index (χ0) is 12.8. The molecule has 1 aliphatic heterocycles. The second-order valence-corrected chi connectivity index (χ2v) is 5.65. The van der Waals surface area contributed by atoms with Crippen molar-refractivity contribution in [3.8, 4) is 0 Å². The zero-order valence-electron chi connectivity index (χ0n) is 11.5. The number of nitrogens with one attached hydrogen (secondary N) is 2. The van der Waals surface area contributed by atoms with Crippen molar-refractivity contribution in [1.82, 2.24) is 10.6 Å². The minimum Gasteiger partial charge on any atom is -0.370 e. The molecule has 0 aromatic heterocycles. The Balaban J connectivity index is 1.62. The van der Waals surface area contributed by atoms with Gasteiger partial charge in [-0.05, 0) is 25.7 Å². The summed E-state index contributed by atoms with van der Waals surface area (Å²) < 4.78 is 6.26. The van der Waals surface area contributed by atoms with Gasteiger partial charge in [-0.25, -0.2) is 0 Å². The molecule has 1 saturated heterocycles. The maximum Gasteiger partial charge on any atom is 0.221 e. The van der Waals surface area contributed by atoms with Gasteiger partial charge in [0.25, 0.3) is 0 Å². The smallest absolute Gasteiger partial charge is 0.221 e. The van der Waals surface area contributed by atoms with Crippen molar-refractivity contribution in [3.05, 3.63) is 0 Å². The third kappa shape index (κ3) is 3.69. The predicted octanol–water partition coefficient (Wildman–Crippen LogP) is 1.59. The maximum absolute atomic E-state index is 11.1. The Bertz CT molecular complexity index is 275. The molecule has 18 heavy (non-hydrogen) atoms. The van der Waals surface area contributed by atoms with Crippen LogP contribution in [0.3, 0.4) is 0 Å². The van der Waals surface area contributed by atoms with Gasteiger partial charge in [0.1, 0.15) is 0 Å². The van der Waals surface area contributed by atoms with Gasteiger partial charge in [0.15, 0.2) is 0 Å². The first-order chi connectivity index (χ1) is 8.74. The number of hydrogen-bond donors (Lipinski definition) is 2. The lowest BCUT2D eigenvalue weighted by molar-refractivity contribution is -0.120. The van der Waals surface area contributed by atoms with Gasteiger partial charge in [0.05, 0.1) is 11.7 Å². The van der Waals surface area contributed by atoms with Crippen LogP contribution in [0.5, 0.6) is 0 Å². The Morgan fingerprint density at radius 2 is 2.06 bits per heavy atom. The van der Waals surface area contributed by atoms with Crippen molar-refractivity contribution < 1.29 is 9.53 Å². The second-order valence-electron chi connectivity index (χ2n) is 5.65. The Labute approximate surface area is 110 Å². The van der Waals surface area contributed by atoms with Gasteiger partial charge in [0, 0.05) is 26.6 Å². The van der Waals surface area contributed by atoms with Crippen molar-refractivity contribution in [1.29, 1.82) is 0 Å². The molecule has 104 valence electrons. The highest BCUT2D eigenvalue weighted by Crippen LogP contribution is 2.41. The summed E-state index contributed by atoms with van der Waals surface area (Å²) in [5.74, 6) is 0.0959. The van der Waals surface area contributed by atoms with Crippen LogP contribution < -0.4 is 10.6 Å². The second kappa shape index (κ2) is 6.53. The number of ether oxygens (including phenoxy) is 1. The van der Waals surface area contributed by atoms with Crippen molar-refractivity contribution >= 4 is 5.91 Å². The summed E-state index contributed by atoms with van der Waals surface area (Å²) in [6.45, 7) is 1.63. The maximum atomic E-state index is 11.1. The van der Waals surface area contributed by atoms with E-state index in [1.54, 1.807) is 7.05 Å². The van der Waals surface area contributed by atoms with E-state index in [1.165, 1.54) is 44.9 Å². The van der Waals surface area contributed by atoms with Gasteiger partial charge in [-0.1, -0.05) is 19.3 Å². The van der Waals surface area contributed by atoms with Gasteiger partial charge < -0.3 is 15.4 Å². The van der Waals surface area contributed by atoms with E-state index in [9.17, 15) is 4.79 Å². The van der Waals surface area contributed by atoms with E-state index in [-0.39, 0.29) is 11.5 Å². The fourth-order valence-corrected chi connectivity index (χ4v) is 3.19. The van der Waals surface area contributed by atoms with E-state index in [4.69, 9.17) is 4.74 Å². The van der Waals surface area contributed by atoms with Crippen LogP contribution in [0.2, 0.25) is 0 Å². The van der Waals surface area contributed by atoms with Crippen LogP contribution in [0.15, 0.2) is 0 Å². The fourth-order valence-electron chi connectivity index (χ4n) is 3.19. The minimum absolute atomic E-state index is 0.0959. The van der Waals surface area contributed by atoms with Crippen LogP contribution in [-0.2, 0) is 9.53 Å². The lowest BCUT2D eigenvalue weighted by atomic mass is 9.83. The quantitative estimate of drug-likeness (QED) is 0.733. The molecule has 1 unspecified atom stereocenters. The molecule has 0 aromatic carbocycles. The van der Waals surface area contributed by atoms with Crippen LogP contribution in [0.4, 0.5) is 0 Å². The van der Waals surface area contributed by atoms with Crippen molar-refractivity contribution in [2.45, 2.75) is 63.1 Å². The highest BCUT2D eigenvalue weighted by Gasteiger charge is 2.40. The minimum atomic E-state index is 0.0959. The first-order valence-corrected chi connectivity index (χ1v) is 7.33. The average Bonchev–Trinajstić information content (AvgIpc) is 2.78. The molecule has 4 nitrogen and oxygen atoms in total. The van der Waals surface area contributed by atoms with Gasteiger partial charge in [0.2, 0.25) is 5.91 Å². The van der Waals surface area contributed by atoms with E-state index in [0.717, 1.165) is 13.1 Å². The summed E-state index contributed by atoms with van der Waals surface area (Å²) in [5, 5.41) is 5.96. The summed E-state index contributed by atoms with van der Waals surface area (Å²) in [5.41, 5.74) is 0.214. The molecule has 2 N–H and O–H groups in total. The normalized spacial score (nSPS) is 26.4. The van der Waals surface area contributed by atoms with Crippen LogP contribution in [0.25, 0.3) is 0 Å². The third-order valence-electron chi connectivity index (χ3n) is 4.28. The molecule has 0 radical (unpaired) electrons. The Hall–Kier alpha value is -0.610. The highest BCUT2D eigenvalue weighted by atomic mass is 16.5. The molecule has 2 aliphatic rings. The molecule has 1 atom stereocenters. The van der Waals surface area contributed by atoms with E-state index in [1.807, 2.05) is 0 Å². The van der Waals surface area contributed by atoms with E-state index in [0.29, 0.717) is 12.5 Å². The molecule has 2 fully saturated rings. The Morgan fingerprint density at radius 3 is 2.78 bits per heavy atom. The van der Waals surface area contributed by atoms with Crippen LogP contribution in [0.1, 0.15) is 51.4 Å². The van der Waals surface area contributed by atoms with Gasteiger partial charge >= 0.3 is 0 Å². The number of rotatable bonds is 5. The molecule has 0 bridgehead atoms. The molecular weight excluding hydrogens is 228 g/mol. The first-order valence-electron chi connectivity index (χ1n) is 7.33. The molecule has 1 saturated carbocycles. The average molecular weight is 254 g/mol. The van der Waals surface area contributed by atoms with Crippen LogP contribution >= 0.6 is 0 Å². The van der Waals surface area contributed by atoms with Gasteiger partial charge in [-0.15, -0.1) is 0 Å². The number of amides is 1. The summed E-state index contributed by atoms with van der Waals surface area (Å²) in [6.07, 6.45) is 9.85.